The number of hydrogen-bond acceptors (Lipinski definition) is 3. The second-order valence-corrected chi connectivity index (χ2v) is 7.20. The summed E-state index contributed by atoms with van der Waals surface area (Å²) in [6, 6.07) is 9.03. The number of hydrogen-bond donors (Lipinski definition) is 1. The number of aliphatic imine (C=N–C) groups is 1. The van der Waals surface area contributed by atoms with Crippen LogP contribution in [-0.2, 0) is 23.9 Å². The third-order valence-corrected chi connectivity index (χ3v) is 4.82. The van der Waals surface area contributed by atoms with Crippen molar-refractivity contribution in [2.75, 3.05) is 33.4 Å². The molecule has 1 aliphatic heterocycles. The Balaban J connectivity index is 1.66. The molecular formula is C21H26F3N3O2. The second kappa shape index (κ2) is 9.82. The molecule has 29 heavy (non-hydrogen) atoms. The monoisotopic (exact) mass is 409 g/mol. The lowest BCUT2D eigenvalue weighted by Gasteiger charge is -2.25. The molecule has 3 rings (SSSR count). The van der Waals surface area contributed by atoms with Crippen LogP contribution >= 0.6 is 0 Å². The van der Waals surface area contributed by atoms with Gasteiger partial charge in [-0.3, -0.25) is 0 Å². The fourth-order valence-electron chi connectivity index (χ4n) is 3.28. The fourth-order valence-corrected chi connectivity index (χ4v) is 3.28. The zero-order chi connectivity index (χ0) is 20.7. The molecule has 1 aliphatic rings. The Labute approximate surface area is 168 Å². The smallest absolute Gasteiger partial charge is 0.416 e. The molecule has 158 valence electrons. The molecule has 0 aliphatic carbocycles. The van der Waals surface area contributed by atoms with E-state index >= 15 is 0 Å². The fraction of sp³-hybridized carbons (Fsp3) is 0.476. The third kappa shape index (κ3) is 6.52. The third-order valence-electron chi connectivity index (χ3n) is 4.82. The van der Waals surface area contributed by atoms with Gasteiger partial charge in [0.05, 0.1) is 25.0 Å². The van der Waals surface area contributed by atoms with Crippen molar-refractivity contribution < 1.29 is 22.3 Å². The molecule has 0 bridgehead atoms. The number of alkyl halides is 3. The maximum Gasteiger partial charge on any atom is 0.416 e. The SMILES string of the molecule is CN(CC1CCOC1)C(=NCc1cccc(C(F)(F)F)c1)NCCc1ccco1. The Hall–Kier alpha value is -2.48. The number of benzene rings is 1. The van der Waals surface area contributed by atoms with Crippen LogP contribution in [0.15, 0.2) is 52.1 Å². The van der Waals surface area contributed by atoms with E-state index in [0.717, 1.165) is 44.1 Å². The van der Waals surface area contributed by atoms with Gasteiger partial charge >= 0.3 is 6.18 Å². The largest absolute Gasteiger partial charge is 0.469 e. The highest BCUT2D eigenvalue weighted by Crippen LogP contribution is 2.29. The summed E-state index contributed by atoms with van der Waals surface area (Å²) < 4.78 is 49.6. The molecule has 1 saturated heterocycles. The van der Waals surface area contributed by atoms with Crippen LogP contribution in [0.3, 0.4) is 0 Å². The summed E-state index contributed by atoms with van der Waals surface area (Å²) in [6.07, 6.45) is -1.04. The standard InChI is InChI=1S/C21H26F3N3O2/c1-27(14-17-8-11-28-15-17)20(25-9-7-19-6-3-10-29-19)26-13-16-4-2-5-18(12-16)21(22,23)24/h2-6,10,12,17H,7-9,11,13-15H2,1H3,(H,25,26). The topological polar surface area (TPSA) is 50.0 Å². The molecule has 1 aromatic heterocycles. The molecule has 5 nitrogen and oxygen atoms in total. The van der Waals surface area contributed by atoms with E-state index in [1.165, 1.54) is 6.07 Å². The molecule has 1 fully saturated rings. The van der Waals surface area contributed by atoms with Gasteiger partial charge in [-0.1, -0.05) is 12.1 Å². The first-order valence-corrected chi connectivity index (χ1v) is 9.67. The highest BCUT2D eigenvalue weighted by atomic mass is 19.4. The summed E-state index contributed by atoms with van der Waals surface area (Å²) in [5.74, 6) is 1.94. The van der Waals surface area contributed by atoms with Crippen LogP contribution in [0.5, 0.6) is 0 Å². The van der Waals surface area contributed by atoms with Crippen molar-refractivity contribution in [3.05, 3.63) is 59.5 Å². The number of rotatable bonds is 7. The van der Waals surface area contributed by atoms with Gasteiger partial charge in [0.25, 0.3) is 0 Å². The molecule has 0 amide bonds. The van der Waals surface area contributed by atoms with Gasteiger partial charge < -0.3 is 19.4 Å². The summed E-state index contributed by atoms with van der Waals surface area (Å²) in [4.78, 5) is 6.58. The molecule has 2 heterocycles. The Kier molecular flexibility index (Phi) is 7.19. The van der Waals surface area contributed by atoms with E-state index in [1.807, 2.05) is 24.1 Å². The number of halogens is 3. The first-order valence-electron chi connectivity index (χ1n) is 9.67. The summed E-state index contributed by atoms with van der Waals surface area (Å²) in [5.41, 5.74) is -0.142. The van der Waals surface area contributed by atoms with Crippen molar-refractivity contribution in [2.45, 2.75) is 25.6 Å². The highest BCUT2D eigenvalue weighted by Gasteiger charge is 2.30. The molecule has 1 aromatic carbocycles. The molecule has 1 atom stereocenters. The van der Waals surface area contributed by atoms with E-state index in [1.54, 1.807) is 12.3 Å². The minimum absolute atomic E-state index is 0.165. The summed E-state index contributed by atoms with van der Waals surface area (Å²) >= 11 is 0. The molecule has 8 heteroatoms. The van der Waals surface area contributed by atoms with Gasteiger partial charge in [0.15, 0.2) is 5.96 Å². The molecular weight excluding hydrogens is 383 g/mol. The Morgan fingerprint density at radius 2 is 2.14 bits per heavy atom. The first-order chi connectivity index (χ1) is 13.9. The van der Waals surface area contributed by atoms with Gasteiger partial charge in [-0.25, -0.2) is 4.99 Å². The number of guanidine groups is 1. The summed E-state index contributed by atoms with van der Waals surface area (Å²) in [7, 11) is 1.93. The zero-order valence-electron chi connectivity index (χ0n) is 16.4. The van der Waals surface area contributed by atoms with Crippen molar-refractivity contribution in [2.24, 2.45) is 10.9 Å². The number of nitrogens with zero attached hydrogens (tertiary/aromatic N) is 2. The Bertz CT molecular complexity index is 785. The number of nitrogens with one attached hydrogen (secondary N) is 1. The van der Waals surface area contributed by atoms with E-state index in [4.69, 9.17) is 9.15 Å². The van der Waals surface area contributed by atoms with Crippen molar-refractivity contribution in [1.29, 1.82) is 0 Å². The van der Waals surface area contributed by atoms with Crippen LogP contribution in [0.25, 0.3) is 0 Å². The van der Waals surface area contributed by atoms with Gasteiger partial charge in [-0.2, -0.15) is 13.2 Å². The van der Waals surface area contributed by atoms with Crippen molar-refractivity contribution in [1.82, 2.24) is 10.2 Å². The van der Waals surface area contributed by atoms with Gasteiger partial charge in [0, 0.05) is 39.1 Å². The quantitative estimate of drug-likeness (QED) is 0.556. The normalized spacial score (nSPS) is 17.5. The number of ether oxygens (including phenoxy) is 1. The van der Waals surface area contributed by atoms with E-state index in [2.05, 4.69) is 10.3 Å². The molecule has 1 unspecified atom stereocenters. The lowest BCUT2D eigenvalue weighted by molar-refractivity contribution is -0.137. The van der Waals surface area contributed by atoms with Crippen LogP contribution in [-0.4, -0.2) is 44.2 Å². The average molecular weight is 409 g/mol. The average Bonchev–Trinajstić information content (AvgIpc) is 3.38. The van der Waals surface area contributed by atoms with Gasteiger partial charge in [0.1, 0.15) is 5.76 Å². The lowest BCUT2D eigenvalue weighted by atomic mass is 10.1. The van der Waals surface area contributed by atoms with E-state index in [0.29, 0.717) is 30.4 Å². The van der Waals surface area contributed by atoms with Crippen LogP contribution in [0.4, 0.5) is 13.2 Å². The highest BCUT2D eigenvalue weighted by molar-refractivity contribution is 5.79. The molecule has 0 radical (unpaired) electrons. The molecule has 1 N–H and O–H groups in total. The predicted octanol–water partition coefficient (Wildman–Crippen LogP) is 3.96. The Morgan fingerprint density at radius 1 is 1.28 bits per heavy atom. The summed E-state index contributed by atoms with van der Waals surface area (Å²) in [5, 5.41) is 3.30. The summed E-state index contributed by atoms with van der Waals surface area (Å²) in [6.45, 7) is 3.03. The van der Waals surface area contributed by atoms with Crippen LogP contribution < -0.4 is 5.32 Å². The maximum atomic E-state index is 12.9. The van der Waals surface area contributed by atoms with E-state index < -0.39 is 11.7 Å². The second-order valence-electron chi connectivity index (χ2n) is 7.20. The van der Waals surface area contributed by atoms with Gasteiger partial charge in [0.2, 0.25) is 0 Å². The molecule has 2 aromatic rings. The Morgan fingerprint density at radius 3 is 2.83 bits per heavy atom. The van der Waals surface area contributed by atoms with Gasteiger partial charge in [-0.15, -0.1) is 0 Å². The first kappa shape index (κ1) is 21.2. The minimum Gasteiger partial charge on any atom is -0.469 e. The lowest BCUT2D eigenvalue weighted by Crippen LogP contribution is -2.42. The molecule has 0 spiro atoms. The van der Waals surface area contributed by atoms with E-state index in [9.17, 15) is 13.2 Å². The molecule has 0 saturated carbocycles. The van der Waals surface area contributed by atoms with Crippen LogP contribution in [0.1, 0.15) is 23.3 Å². The minimum atomic E-state index is -4.36. The van der Waals surface area contributed by atoms with Crippen molar-refractivity contribution in [3.8, 4) is 0 Å². The number of furan rings is 1. The maximum absolute atomic E-state index is 12.9. The van der Waals surface area contributed by atoms with Crippen molar-refractivity contribution in [3.63, 3.8) is 0 Å². The van der Waals surface area contributed by atoms with Gasteiger partial charge in [-0.05, 0) is 36.2 Å². The van der Waals surface area contributed by atoms with Crippen molar-refractivity contribution >= 4 is 5.96 Å². The van der Waals surface area contributed by atoms with Crippen LogP contribution in [0.2, 0.25) is 0 Å². The van der Waals surface area contributed by atoms with Crippen LogP contribution in [0, 0.1) is 5.92 Å². The van der Waals surface area contributed by atoms with E-state index in [-0.39, 0.29) is 6.54 Å². The predicted molar refractivity (Wildman–Crippen MR) is 105 cm³/mol. The zero-order valence-corrected chi connectivity index (χ0v) is 16.4.